The molecule has 1 aromatic heterocycles. The summed E-state index contributed by atoms with van der Waals surface area (Å²) in [7, 11) is 0. The van der Waals surface area contributed by atoms with Gasteiger partial charge in [-0.15, -0.1) is 0 Å². The van der Waals surface area contributed by atoms with Gasteiger partial charge in [-0.25, -0.2) is 0 Å². The lowest BCUT2D eigenvalue weighted by Crippen LogP contribution is -2.32. The number of alkyl halides is 3. The highest BCUT2D eigenvalue weighted by Gasteiger charge is 2.53. The molecule has 3 aromatic rings. The predicted octanol–water partition coefficient (Wildman–Crippen LogP) is 3.55. The van der Waals surface area contributed by atoms with E-state index in [9.17, 15) is 37.5 Å². The Kier molecular flexibility index (Phi) is 6.93. The van der Waals surface area contributed by atoms with Gasteiger partial charge < -0.3 is 15.2 Å². The second-order valence-corrected chi connectivity index (χ2v) is 10.9. The highest BCUT2D eigenvalue weighted by molar-refractivity contribution is 8.00. The number of thioether (sulfide) groups is 1. The van der Waals surface area contributed by atoms with Crippen molar-refractivity contribution in [3.63, 3.8) is 0 Å². The van der Waals surface area contributed by atoms with E-state index in [4.69, 9.17) is 4.74 Å². The Morgan fingerprint density at radius 3 is 2.64 bits per heavy atom. The normalized spacial score (nSPS) is 20.3. The van der Waals surface area contributed by atoms with E-state index in [0.717, 1.165) is 45.9 Å². The van der Waals surface area contributed by atoms with Crippen molar-refractivity contribution in [2.75, 3.05) is 11.9 Å². The summed E-state index contributed by atoms with van der Waals surface area (Å²) in [6.45, 7) is 1.47. The molecule has 0 radical (unpaired) electrons. The summed E-state index contributed by atoms with van der Waals surface area (Å²) in [5.41, 5.74) is -0.502. The molecule has 2 aliphatic rings. The van der Waals surface area contributed by atoms with E-state index < -0.39 is 58.0 Å². The highest BCUT2D eigenvalue weighted by atomic mass is 32.2. The number of thiazole rings is 1. The first-order valence-corrected chi connectivity index (χ1v) is 13.3. The van der Waals surface area contributed by atoms with Crippen molar-refractivity contribution in [3.05, 3.63) is 68.1 Å². The van der Waals surface area contributed by atoms with Gasteiger partial charge in [0.05, 0.1) is 23.1 Å². The first-order valence-electron chi connectivity index (χ1n) is 11.7. The van der Waals surface area contributed by atoms with Gasteiger partial charge in [0.2, 0.25) is 17.7 Å². The number of benzene rings is 2. The van der Waals surface area contributed by atoms with Crippen LogP contribution < -0.4 is 20.2 Å². The van der Waals surface area contributed by atoms with Crippen LogP contribution >= 0.6 is 23.1 Å². The number of rotatable bonds is 6. The molecule has 3 N–H and O–H groups in total. The number of hydrogen-bond acceptors (Lipinski definition) is 8. The molecule has 3 heterocycles. The van der Waals surface area contributed by atoms with Crippen molar-refractivity contribution in [1.29, 1.82) is 0 Å². The number of nitrogens with zero attached hydrogens (tertiary/aromatic N) is 1. The van der Waals surface area contributed by atoms with Crippen molar-refractivity contribution in [1.82, 2.24) is 9.88 Å². The van der Waals surface area contributed by atoms with E-state index in [0.29, 0.717) is 15.5 Å². The quantitative estimate of drug-likeness (QED) is 0.382. The van der Waals surface area contributed by atoms with Gasteiger partial charge in [0.25, 0.3) is 0 Å². The van der Waals surface area contributed by atoms with Gasteiger partial charge in [0.15, 0.2) is 11.5 Å². The third-order valence-electron chi connectivity index (χ3n) is 6.31. The first kappa shape index (κ1) is 26.8. The van der Waals surface area contributed by atoms with Gasteiger partial charge in [-0.3, -0.25) is 29.1 Å². The number of nitrogens with one attached hydrogen (secondary N) is 2. The van der Waals surface area contributed by atoms with Crippen molar-refractivity contribution >= 4 is 46.5 Å². The Balaban J connectivity index is 1.51. The largest absolute Gasteiger partial charge is 0.504 e. The molecule has 1 saturated heterocycles. The second kappa shape index (κ2) is 10.1. The third kappa shape index (κ3) is 5.01. The van der Waals surface area contributed by atoms with Crippen LogP contribution in [0, 0.1) is 5.92 Å². The maximum absolute atomic E-state index is 13.1. The van der Waals surface area contributed by atoms with E-state index >= 15 is 0 Å². The van der Waals surface area contributed by atoms with Crippen LogP contribution in [0.15, 0.2) is 52.3 Å². The number of anilines is 1. The summed E-state index contributed by atoms with van der Waals surface area (Å²) in [6.07, 6.45) is -4.60. The molecule has 0 aliphatic carbocycles. The highest BCUT2D eigenvalue weighted by Crippen LogP contribution is 2.52. The van der Waals surface area contributed by atoms with Crippen molar-refractivity contribution < 1.29 is 37.4 Å². The Bertz CT molecular complexity index is 1550. The summed E-state index contributed by atoms with van der Waals surface area (Å²) >= 11 is 1.80. The third-order valence-corrected chi connectivity index (χ3v) is 8.92. The number of aromatic hydroxyl groups is 1. The molecule has 2 aliphatic heterocycles. The summed E-state index contributed by atoms with van der Waals surface area (Å²) < 4.78 is 45.8. The zero-order chi connectivity index (χ0) is 28.1. The number of phenols is 1. The molecule has 14 heteroatoms. The maximum atomic E-state index is 13.1. The predicted molar refractivity (Wildman–Crippen MR) is 136 cm³/mol. The van der Waals surface area contributed by atoms with Gasteiger partial charge in [0.1, 0.15) is 11.8 Å². The van der Waals surface area contributed by atoms with E-state index in [1.807, 2.05) is 0 Å². The number of carbonyl (C=O) groups excluding carboxylic acids is 3. The number of amides is 3. The molecule has 0 unspecified atom stereocenters. The molecule has 204 valence electrons. The molecule has 1 fully saturated rings. The fourth-order valence-corrected chi connectivity index (χ4v) is 7.39. The van der Waals surface area contributed by atoms with Crippen LogP contribution in [-0.2, 0) is 27.1 Å². The number of ether oxygens (including phenoxy) is 1. The minimum Gasteiger partial charge on any atom is -0.504 e. The van der Waals surface area contributed by atoms with Gasteiger partial charge in [-0.05, 0) is 42.8 Å². The number of carbonyl (C=O) groups is 3. The zero-order valence-electron chi connectivity index (χ0n) is 20.1. The molecule has 9 nitrogen and oxygen atoms in total. The Morgan fingerprint density at radius 1 is 1.15 bits per heavy atom. The van der Waals surface area contributed by atoms with E-state index in [2.05, 4.69) is 10.6 Å². The van der Waals surface area contributed by atoms with Crippen LogP contribution in [-0.4, -0.2) is 39.3 Å². The molecule has 0 bridgehead atoms. The van der Waals surface area contributed by atoms with Crippen LogP contribution in [0.5, 0.6) is 11.5 Å². The van der Waals surface area contributed by atoms with Crippen LogP contribution in [0.25, 0.3) is 0 Å². The van der Waals surface area contributed by atoms with Gasteiger partial charge >= 0.3 is 11.0 Å². The number of imide groups is 1. The summed E-state index contributed by atoms with van der Waals surface area (Å²) in [5, 5.41) is 14.3. The van der Waals surface area contributed by atoms with Crippen molar-refractivity contribution in [3.8, 4) is 11.5 Å². The summed E-state index contributed by atoms with van der Waals surface area (Å²) in [6, 6.07) is 8.62. The molecular formula is C25H20F3N3O6S2. The summed E-state index contributed by atoms with van der Waals surface area (Å²) in [4.78, 5) is 51.2. The molecule has 2 aromatic carbocycles. The van der Waals surface area contributed by atoms with E-state index in [-0.39, 0.29) is 23.8 Å². The Hall–Kier alpha value is -3.78. The summed E-state index contributed by atoms with van der Waals surface area (Å²) in [5.74, 6) is -3.33. The lowest BCUT2D eigenvalue weighted by molar-refractivity contribution is -0.137. The van der Waals surface area contributed by atoms with Crippen molar-refractivity contribution in [2.45, 2.75) is 35.8 Å². The lowest BCUT2D eigenvalue weighted by Gasteiger charge is -2.31. The molecule has 3 atom stereocenters. The van der Waals surface area contributed by atoms with E-state index in [1.54, 1.807) is 19.1 Å². The Morgan fingerprint density at radius 2 is 1.92 bits per heavy atom. The standard InChI is InChI=1S/C25H20F3N3O6S2/c1-2-37-15-8-11(6-7-14(15)32)17-18-19(22(35)30-21(18)34)38-23-20(17)39-24(36)31(23)10-16(33)29-13-5-3-4-12(9-13)25(26,27)28/h3-9,17-19,32H,2,10H2,1H3,(H,29,33)(H,30,34,35)/t17-,18+,19-/m0/s1. The monoisotopic (exact) mass is 579 g/mol. The smallest absolute Gasteiger partial charge is 0.416 e. The van der Waals surface area contributed by atoms with Crippen LogP contribution in [0.4, 0.5) is 18.9 Å². The molecule has 0 spiro atoms. The van der Waals surface area contributed by atoms with Gasteiger partial charge in [-0.2, -0.15) is 13.2 Å². The fraction of sp³-hybridized carbons (Fsp3) is 0.280. The fourth-order valence-electron chi connectivity index (χ4n) is 4.65. The molecular weight excluding hydrogens is 559 g/mol. The van der Waals surface area contributed by atoms with Crippen LogP contribution in [0.1, 0.15) is 28.8 Å². The zero-order valence-corrected chi connectivity index (χ0v) is 21.7. The molecule has 3 amide bonds. The number of aromatic nitrogens is 1. The average Bonchev–Trinajstić information content (AvgIpc) is 3.33. The minimum absolute atomic E-state index is 0.0918. The Labute approximate surface area is 227 Å². The minimum atomic E-state index is -4.60. The topological polar surface area (TPSA) is 127 Å². The van der Waals surface area contributed by atoms with Crippen LogP contribution in [0.3, 0.4) is 0 Å². The first-order chi connectivity index (χ1) is 18.5. The SMILES string of the molecule is CCOc1cc([C@@H]2c3sc(=O)n(CC(=O)Nc4cccc(C(F)(F)F)c4)c3S[C@@H]3C(=O)NC(=O)[C@H]23)ccc1O. The van der Waals surface area contributed by atoms with E-state index in [1.165, 1.54) is 12.1 Å². The maximum Gasteiger partial charge on any atom is 0.416 e. The second-order valence-electron chi connectivity index (χ2n) is 8.81. The molecule has 0 saturated carbocycles. The molecule has 39 heavy (non-hydrogen) atoms. The van der Waals surface area contributed by atoms with Crippen LogP contribution in [0.2, 0.25) is 0 Å². The molecule has 5 rings (SSSR count). The number of fused-ring (bicyclic) bond motifs is 2. The number of halogens is 3. The average molecular weight is 580 g/mol. The van der Waals surface area contributed by atoms with Gasteiger partial charge in [-0.1, -0.05) is 35.2 Å². The van der Waals surface area contributed by atoms with Gasteiger partial charge in [0, 0.05) is 16.5 Å². The number of phenolic OH excluding ortho intramolecular Hbond substituents is 1. The number of hydrogen-bond donors (Lipinski definition) is 3. The van der Waals surface area contributed by atoms with Crippen molar-refractivity contribution in [2.24, 2.45) is 5.92 Å². The lowest BCUT2D eigenvalue weighted by atomic mass is 9.83.